The molecule has 0 spiro atoms. The SMILES string of the molecule is O=C(O)c1nnc2ccccc2c1NCCCNC1CC1. The van der Waals surface area contributed by atoms with E-state index in [-0.39, 0.29) is 5.69 Å². The van der Waals surface area contributed by atoms with Gasteiger partial charge in [-0.15, -0.1) is 10.2 Å². The van der Waals surface area contributed by atoms with E-state index < -0.39 is 5.97 Å². The van der Waals surface area contributed by atoms with E-state index >= 15 is 0 Å². The maximum atomic E-state index is 11.3. The van der Waals surface area contributed by atoms with Gasteiger partial charge >= 0.3 is 5.97 Å². The van der Waals surface area contributed by atoms with Gasteiger partial charge in [0, 0.05) is 18.0 Å². The highest BCUT2D eigenvalue weighted by atomic mass is 16.4. The first-order valence-electron chi connectivity index (χ1n) is 7.21. The second-order valence-electron chi connectivity index (χ2n) is 5.25. The largest absolute Gasteiger partial charge is 0.476 e. The van der Waals surface area contributed by atoms with E-state index in [9.17, 15) is 9.90 Å². The van der Waals surface area contributed by atoms with Gasteiger partial charge in [-0.3, -0.25) is 0 Å². The number of carbonyl (C=O) groups is 1. The fourth-order valence-corrected chi connectivity index (χ4v) is 2.28. The molecule has 0 aliphatic heterocycles. The lowest BCUT2D eigenvalue weighted by Gasteiger charge is -2.11. The van der Waals surface area contributed by atoms with Gasteiger partial charge in [0.25, 0.3) is 0 Å². The normalized spacial score (nSPS) is 14.3. The lowest BCUT2D eigenvalue weighted by molar-refractivity contribution is 0.0690. The Hall–Kier alpha value is -2.21. The summed E-state index contributed by atoms with van der Waals surface area (Å²) in [5, 5.41) is 24.5. The Bertz CT molecular complexity index is 655. The Morgan fingerprint density at radius 3 is 2.81 bits per heavy atom. The van der Waals surface area contributed by atoms with Gasteiger partial charge in [-0.05, 0) is 31.9 Å². The molecule has 6 heteroatoms. The molecular weight excluding hydrogens is 268 g/mol. The number of carboxylic acid groups (broad SMARTS) is 1. The number of carboxylic acids is 1. The van der Waals surface area contributed by atoms with Crippen molar-refractivity contribution in [1.82, 2.24) is 15.5 Å². The van der Waals surface area contributed by atoms with Crippen molar-refractivity contribution in [3.63, 3.8) is 0 Å². The number of hydrogen-bond acceptors (Lipinski definition) is 5. The van der Waals surface area contributed by atoms with E-state index in [1.54, 1.807) is 0 Å². The average molecular weight is 286 g/mol. The maximum absolute atomic E-state index is 11.3. The molecular formula is C15H18N4O2. The standard InChI is InChI=1S/C15H18N4O2/c20-15(21)14-13(17-9-3-8-16-10-6-7-10)11-4-1-2-5-12(11)18-19-14/h1-2,4-5,10,16H,3,6-9H2,(H,17,18)(H,20,21). The third-order valence-electron chi connectivity index (χ3n) is 3.54. The van der Waals surface area contributed by atoms with Crippen LogP contribution in [0.3, 0.4) is 0 Å². The van der Waals surface area contributed by atoms with Crippen molar-refractivity contribution in [3.8, 4) is 0 Å². The van der Waals surface area contributed by atoms with Crippen molar-refractivity contribution < 1.29 is 9.90 Å². The minimum atomic E-state index is -1.06. The Kier molecular flexibility index (Phi) is 3.96. The Morgan fingerprint density at radius 1 is 1.24 bits per heavy atom. The molecule has 0 atom stereocenters. The second-order valence-corrected chi connectivity index (χ2v) is 5.25. The number of rotatable bonds is 7. The minimum absolute atomic E-state index is 0.0242. The summed E-state index contributed by atoms with van der Waals surface area (Å²) in [5.41, 5.74) is 1.23. The summed E-state index contributed by atoms with van der Waals surface area (Å²) in [7, 11) is 0. The second kappa shape index (κ2) is 6.05. The van der Waals surface area contributed by atoms with Gasteiger partial charge in [0.1, 0.15) is 0 Å². The Balaban J connectivity index is 1.73. The molecule has 21 heavy (non-hydrogen) atoms. The Morgan fingerprint density at radius 2 is 2.05 bits per heavy atom. The van der Waals surface area contributed by atoms with Crippen LogP contribution < -0.4 is 10.6 Å². The number of hydrogen-bond donors (Lipinski definition) is 3. The lowest BCUT2D eigenvalue weighted by atomic mass is 10.1. The van der Waals surface area contributed by atoms with E-state index in [1.165, 1.54) is 12.8 Å². The summed E-state index contributed by atoms with van der Waals surface area (Å²) in [6, 6.07) is 8.12. The van der Waals surface area contributed by atoms with Crippen LogP contribution in [-0.4, -0.2) is 40.4 Å². The van der Waals surface area contributed by atoms with Gasteiger partial charge in [0.15, 0.2) is 5.69 Å². The van der Waals surface area contributed by atoms with Crippen LogP contribution >= 0.6 is 0 Å². The van der Waals surface area contributed by atoms with E-state index in [0.29, 0.717) is 23.8 Å². The third-order valence-corrected chi connectivity index (χ3v) is 3.54. The number of anilines is 1. The molecule has 3 N–H and O–H groups in total. The Labute approximate surface area is 122 Å². The highest BCUT2D eigenvalue weighted by Crippen LogP contribution is 2.24. The predicted molar refractivity (Wildman–Crippen MR) is 80.6 cm³/mol. The van der Waals surface area contributed by atoms with Crippen molar-refractivity contribution in [2.24, 2.45) is 0 Å². The van der Waals surface area contributed by atoms with Crippen molar-refractivity contribution in [3.05, 3.63) is 30.0 Å². The van der Waals surface area contributed by atoms with E-state index in [1.807, 2.05) is 24.3 Å². The fraction of sp³-hybridized carbons (Fsp3) is 0.400. The van der Waals surface area contributed by atoms with Crippen LogP contribution in [0.25, 0.3) is 10.9 Å². The molecule has 1 aliphatic carbocycles. The summed E-state index contributed by atoms with van der Waals surface area (Å²) in [6.45, 7) is 1.65. The lowest BCUT2D eigenvalue weighted by Crippen LogP contribution is -2.20. The van der Waals surface area contributed by atoms with Crippen molar-refractivity contribution in [2.75, 3.05) is 18.4 Å². The molecule has 110 valence electrons. The van der Waals surface area contributed by atoms with Crippen LogP contribution in [0.5, 0.6) is 0 Å². The van der Waals surface area contributed by atoms with E-state index in [0.717, 1.165) is 18.4 Å². The maximum Gasteiger partial charge on any atom is 0.358 e. The van der Waals surface area contributed by atoms with E-state index in [2.05, 4.69) is 20.8 Å². The van der Waals surface area contributed by atoms with Gasteiger partial charge in [0.05, 0.1) is 11.2 Å². The van der Waals surface area contributed by atoms with Crippen molar-refractivity contribution in [2.45, 2.75) is 25.3 Å². The van der Waals surface area contributed by atoms with Gasteiger partial charge < -0.3 is 15.7 Å². The molecule has 6 nitrogen and oxygen atoms in total. The number of fused-ring (bicyclic) bond motifs is 1. The van der Waals surface area contributed by atoms with Crippen LogP contribution in [-0.2, 0) is 0 Å². The predicted octanol–water partition coefficient (Wildman–Crippen LogP) is 1.88. The first-order valence-corrected chi connectivity index (χ1v) is 7.21. The molecule has 0 saturated heterocycles. The third kappa shape index (κ3) is 3.28. The van der Waals surface area contributed by atoms with Crippen LogP contribution in [0.15, 0.2) is 24.3 Å². The summed E-state index contributed by atoms with van der Waals surface area (Å²) < 4.78 is 0. The zero-order valence-electron chi connectivity index (χ0n) is 11.7. The topological polar surface area (TPSA) is 87.1 Å². The van der Waals surface area contributed by atoms with E-state index in [4.69, 9.17) is 0 Å². The molecule has 1 saturated carbocycles. The van der Waals surface area contributed by atoms with Gasteiger partial charge in [-0.25, -0.2) is 4.79 Å². The van der Waals surface area contributed by atoms with Crippen LogP contribution in [0.4, 0.5) is 5.69 Å². The minimum Gasteiger partial charge on any atom is -0.476 e. The van der Waals surface area contributed by atoms with Gasteiger partial charge in [-0.1, -0.05) is 18.2 Å². The zero-order chi connectivity index (χ0) is 14.7. The molecule has 0 radical (unpaired) electrons. The van der Waals surface area contributed by atoms with Crippen LogP contribution in [0.1, 0.15) is 29.8 Å². The first kappa shape index (κ1) is 13.8. The number of benzene rings is 1. The molecule has 1 heterocycles. The molecule has 3 rings (SSSR count). The summed E-state index contributed by atoms with van der Waals surface area (Å²) in [4.78, 5) is 11.3. The number of nitrogens with zero attached hydrogens (tertiary/aromatic N) is 2. The summed E-state index contributed by atoms with van der Waals surface area (Å²) >= 11 is 0. The average Bonchev–Trinajstić information content (AvgIpc) is 3.30. The molecule has 1 fully saturated rings. The smallest absolute Gasteiger partial charge is 0.358 e. The fourth-order valence-electron chi connectivity index (χ4n) is 2.28. The molecule has 0 bridgehead atoms. The highest BCUT2D eigenvalue weighted by Gasteiger charge is 2.19. The molecule has 1 aromatic heterocycles. The van der Waals surface area contributed by atoms with Gasteiger partial charge in [0.2, 0.25) is 0 Å². The quantitative estimate of drug-likeness (QED) is 0.674. The number of aromatic carboxylic acids is 1. The zero-order valence-corrected chi connectivity index (χ0v) is 11.7. The monoisotopic (exact) mass is 286 g/mol. The number of aromatic nitrogens is 2. The summed E-state index contributed by atoms with van der Waals surface area (Å²) in [6.07, 6.45) is 3.48. The van der Waals surface area contributed by atoms with Crippen LogP contribution in [0.2, 0.25) is 0 Å². The van der Waals surface area contributed by atoms with Crippen molar-refractivity contribution >= 4 is 22.6 Å². The number of nitrogens with one attached hydrogen (secondary N) is 2. The summed E-state index contributed by atoms with van der Waals surface area (Å²) in [5.74, 6) is -1.06. The molecule has 2 aromatic rings. The first-order chi connectivity index (χ1) is 10.3. The van der Waals surface area contributed by atoms with Gasteiger partial charge in [-0.2, -0.15) is 0 Å². The molecule has 0 amide bonds. The molecule has 0 unspecified atom stereocenters. The molecule has 1 aromatic carbocycles. The van der Waals surface area contributed by atoms with Crippen LogP contribution in [0, 0.1) is 0 Å². The highest BCUT2D eigenvalue weighted by molar-refractivity contribution is 6.02. The molecule has 1 aliphatic rings. The van der Waals surface area contributed by atoms with Crippen molar-refractivity contribution in [1.29, 1.82) is 0 Å².